The molecule has 9 nitrogen and oxygen atoms in total. The van der Waals surface area contributed by atoms with Crippen LogP contribution >= 0.6 is 0 Å². The van der Waals surface area contributed by atoms with Crippen molar-refractivity contribution < 1.29 is 38.8 Å². The number of nitrogens with one attached hydrogen (secondary N) is 1. The van der Waals surface area contributed by atoms with E-state index in [9.17, 15) is 24.6 Å². The first-order valence-corrected chi connectivity index (χ1v) is 9.50. The van der Waals surface area contributed by atoms with Crippen molar-refractivity contribution in [2.24, 2.45) is 0 Å². The Hall–Kier alpha value is -1.71. The predicted molar refractivity (Wildman–Crippen MR) is 94.4 cm³/mol. The van der Waals surface area contributed by atoms with Crippen LogP contribution in [0.1, 0.15) is 59.3 Å². The van der Waals surface area contributed by atoms with Crippen LogP contribution in [0.25, 0.3) is 0 Å². The van der Waals surface area contributed by atoms with Crippen LogP contribution in [0.4, 0.5) is 0 Å². The van der Waals surface area contributed by atoms with E-state index in [2.05, 4.69) is 5.32 Å². The number of aliphatic hydroxyl groups is 2. The molecule has 5 atom stereocenters. The molecular formula is C18H31NO8. The summed E-state index contributed by atoms with van der Waals surface area (Å²) in [5, 5.41) is 23.3. The number of carbonyl (C=O) groups is 3. The normalized spacial score (nSPS) is 27.7. The van der Waals surface area contributed by atoms with Gasteiger partial charge in [-0.2, -0.15) is 0 Å². The van der Waals surface area contributed by atoms with Crippen molar-refractivity contribution in [3.63, 3.8) is 0 Å². The first kappa shape index (κ1) is 23.3. The smallest absolute Gasteiger partial charge is 0.306 e. The van der Waals surface area contributed by atoms with Gasteiger partial charge in [0.1, 0.15) is 24.9 Å². The lowest BCUT2D eigenvalue weighted by Crippen LogP contribution is -2.65. The molecule has 1 amide bonds. The molecule has 0 aromatic heterocycles. The topological polar surface area (TPSA) is 131 Å². The Morgan fingerprint density at radius 3 is 2.15 bits per heavy atom. The first-order valence-electron chi connectivity index (χ1n) is 9.50. The lowest BCUT2D eigenvalue weighted by Gasteiger charge is -2.42. The lowest BCUT2D eigenvalue weighted by molar-refractivity contribution is -0.261. The van der Waals surface area contributed by atoms with Crippen molar-refractivity contribution in [2.75, 3.05) is 6.61 Å². The molecular weight excluding hydrogens is 359 g/mol. The summed E-state index contributed by atoms with van der Waals surface area (Å²) in [6.07, 6.45) is -2.85. The van der Waals surface area contributed by atoms with Gasteiger partial charge in [0, 0.05) is 19.3 Å². The van der Waals surface area contributed by atoms with E-state index in [0.29, 0.717) is 19.3 Å². The number of carbonyl (C=O) groups excluding carboxylic acids is 3. The van der Waals surface area contributed by atoms with Crippen molar-refractivity contribution in [1.82, 2.24) is 5.32 Å². The fourth-order valence-electron chi connectivity index (χ4n) is 2.72. The number of rotatable bonds is 10. The third-order valence-electron chi connectivity index (χ3n) is 4.08. The molecule has 1 saturated heterocycles. The van der Waals surface area contributed by atoms with E-state index in [1.807, 2.05) is 13.8 Å². The average Bonchev–Trinajstić information content (AvgIpc) is 2.60. The maximum atomic E-state index is 11.9. The van der Waals surface area contributed by atoms with Crippen LogP contribution in [0.2, 0.25) is 0 Å². The second-order valence-corrected chi connectivity index (χ2v) is 6.54. The Morgan fingerprint density at radius 1 is 0.963 bits per heavy atom. The van der Waals surface area contributed by atoms with E-state index in [-0.39, 0.29) is 31.8 Å². The van der Waals surface area contributed by atoms with Crippen molar-refractivity contribution in [3.8, 4) is 0 Å². The summed E-state index contributed by atoms with van der Waals surface area (Å²) in [7, 11) is 0. The standard InChI is InChI=1S/C18H31NO8/c1-4-7-12(20)19-15-16(23)17(27-14(22)9-6-3)11(26-18(15)24)10-25-13(21)8-5-2/h11,15-18,23-24H,4-10H2,1-3H3,(H,19,20)/t11-,15-,16-,17-,18?/m1/s1/i19+1. The van der Waals surface area contributed by atoms with E-state index in [1.54, 1.807) is 6.92 Å². The second kappa shape index (κ2) is 11.9. The Bertz CT molecular complexity index is 496. The van der Waals surface area contributed by atoms with Gasteiger partial charge < -0.3 is 29.7 Å². The minimum Gasteiger partial charge on any atom is -0.463 e. The van der Waals surface area contributed by atoms with Crippen LogP contribution < -0.4 is 5.32 Å². The molecule has 0 aliphatic carbocycles. The molecule has 9 heteroatoms. The monoisotopic (exact) mass is 390 g/mol. The lowest BCUT2D eigenvalue weighted by atomic mass is 9.97. The van der Waals surface area contributed by atoms with Gasteiger partial charge in [0.05, 0.1) is 0 Å². The van der Waals surface area contributed by atoms with Crippen molar-refractivity contribution >= 4 is 17.8 Å². The van der Waals surface area contributed by atoms with E-state index in [0.717, 1.165) is 0 Å². The molecule has 1 aliphatic heterocycles. The number of aliphatic hydroxyl groups excluding tert-OH is 2. The molecule has 1 heterocycles. The molecule has 0 bridgehead atoms. The largest absolute Gasteiger partial charge is 0.463 e. The Kier molecular flexibility index (Phi) is 10.3. The maximum absolute atomic E-state index is 11.9. The first-order chi connectivity index (χ1) is 12.8. The fraction of sp³-hybridized carbons (Fsp3) is 0.833. The molecule has 1 unspecified atom stereocenters. The number of hydrogen-bond donors (Lipinski definition) is 3. The average molecular weight is 390 g/mol. The molecule has 3 N–H and O–H groups in total. The summed E-state index contributed by atoms with van der Waals surface area (Å²) in [6, 6.07) is -1.16. The third-order valence-corrected chi connectivity index (χ3v) is 4.08. The zero-order chi connectivity index (χ0) is 20.4. The van der Waals surface area contributed by atoms with Crippen LogP contribution in [-0.2, 0) is 28.6 Å². The molecule has 1 fully saturated rings. The third kappa shape index (κ3) is 7.43. The minimum atomic E-state index is -1.53. The van der Waals surface area contributed by atoms with Gasteiger partial charge in [0.2, 0.25) is 5.91 Å². The highest BCUT2D eigenvalue weighted by Gasteiger charge is 2.47. The Balaban J connectivity index is 2.87. The zero-order valence-corrected chi connectivity index (χ0v) is 16.2. The fourth-order valence-corrected chi connectivity index (χ4v) is 2.72. The van der Waals surface area contributed by atoms with Gasteiger partial charge in [-0.1, -0.05) is 20.8 Å². The highest BCUT2D eigenvalue weighted by Crippen LogP contribution is 2.24. The van der Waals surface area contributed by atoms with Gasteiger partial charge in [-0.25, -0.2) is 0 Å². The van der Waals surface area contributed by atoms with Crippen molar-refractivity contribution in [1.29, 1.82) is 0 Å². The van der Waals surface area contributed by atoms with Crippen LogP contribution in [0, 0.1) is 0 Å². The second-order valence-electron chi connectivity index (χ2n) is 6.54. The Labute approximate surface area is 159 Å². The van der Waals surface area contributed by atoms with Crippen molar-refractivity contribution in [2.45, 2.75) is 89.9 Å². The maximum Gasteiger partial charge on any atom is 0.306 e. The molecule has 156 valence electrons. The van der Waals surface area contributed by atoms with Gasteiger partial charge >= 0.3 is 11.9 Å². The Morgan fingerprint density at radius 2 is 1.56 bits per heavy atom. The molecule has 0 spiro atoms. The zero-order valence-electron chi connectivity index (χ0n) is 16.2. The molecule has 0 radical (unpaired) electrons. The van der Waals surface area contributed by atoms with Gasteiger partial charge in [0.15, 0.2) is 12.4 Å². The van der Waals surface area contributed by atoms with Crippen molar-refractivity contribution in [3.05, 3.63) is 0 Å². The highest BCUT2D eigenvalue weighted by atomic mass is 16.7. The number of esters is 2. The molecule has 0 aromatic rings. The molecule has 1 rings (SSSR count). The van der Waals surface area contributed by atoms with Crippen LogP contribution in [0.3, 0.4) is 0 Å². The van der Waals surface area contributed by atoms with Crippen LogP contribution in [0.15, 0.2) is 0 Å². The summed E-state index contributed by atoms with van der Waals surface area (Å²) < 4.78 is 15.8. The predicted octanol–water partition coefficient (Wildman–Crippen LogP) is 0.405. The van der Waals surface area contributed by atoms with Gasteiger partial charge in [-0.05, 0) is 19.3 Å². The van der Waals surface area contributed by atoms with E-state index in [4.69, 9.17) is 14.2 Å². The van der Waals surface area contributed by atoms with Gasteiger partial charge in [-0.15, -0.1) is 0 Å². The minimum absolute atomic E-state index is 0.140. The molecule has 0 saturated carbocycles. The van der Waals surface area contributed by atoms with Gasteiger partial charge in [0.25, 0.3) is 0 Å². The SMILES string of the molecule is CCCC(=O)[15NH][C@H]1C(O)O[C@H](COC(=O)CCC)[C@@H](OC(=O)CCC)[C@@H]1O. The summed E-state index contributed by atoms with van der Waals surface area (Å²) >= 11 is 0. The number of ether oxygens (including phenoxy) is 3. The quantitative estimate of drug-likeness (QED) is 0.361. The molecule has 0 aromatic carbocycles. The van der Waals surface area contributed by atoms with E-state index in [1.165, 1.54) is 0 Å². The molecule has 1 aliphatic rings. The number of amides is 1. The summed E-state index contributed by atoms with van der Waals surface area (Å²) in [6.45, 7) is 5.16. The van der Waals surface area contributed by atoms with E-state index >= 15 is 0 Å². The highest BCUT2D eigenvalue weighted by molar-refractivity contribution is 5.76. The molecule has 27 heavy (non-hydrogen) atoms. The van der Waals surface area contributed by atoms with Gasteiger partial charge in [-0.3, -0.25) is 14.4 Å². The van der Waals surface area contributed by atoms with Crippen LogP contribution in [0.5, 0.6) is 0 Å². The summed E-state index contributed by atoms with van der Waals surface area (Å²) in [4.78, 5) is 35.3. The summed E-state index contributed by atoms with van der Waals surface area (Å²) in [5.74, 6) is -1.37. The number of hydrogen-bond acceptors (Lipinski definition) is 8. The summed E-state index contributed by atoms with van der Waals surface area (Å²) in [5.41, 5.74) is 0. The van der Waals surface area contributed by atoms with E-state index < -0.39 is 42.6 Å². The van der Waals surface area contributed by atoms with Crippen LogP contribution in [-0.4, -0.2) is 65.3 Å².